The Morgan fingerprint density at radius 2 is 2.16 bits per heavy atom. The van der Waals surface area contributed by atoms with Crippen molar-refractivity contribution in [1.29, 1.82) is 0 Å². The summed E-state index contributed by atoms with van der Waals surface area (Å²) in [6, 6.07) is 4.74. The van der Waals surface area contributed by atoms with E-state index >= 15 is 0 Å². The highest BCUT2D eigenvalue weighted by molar-refractivity contribution is 6.00. The van der Waals surface area contributed by atoms with Gasteiger partial charge in [-0.15, -0.1) is 0 Å². The molecule has 0 aromatic heterocycles. The molecule has 0 heterocycles. The van der Waals surface area contributed by atoms with Gasteiger partial charge in [0.05, 0.1) is 4.92 Å². The maximum Gasteiger partial charge on any atom is 0.305 e. The Kier molecular flexibility index (Phi) is 4.86. The van der Waals surface area contributed by atoms with Crippen molar-refractivity contribution in [2.24, 2.45) is 0 Å². The van der Waals surface area contributed by atoms with E-state index < -0.39 is 4.92 Å². The van der Waals surface area contributed by atoms with E-state index in [9.17, 15) is 14.9 Å². The molecule has 6 nitrogen and oxygen atoms in total. The lowest BCUT2D eigenvalue weighted by Gasteiger charge is -2.24. The van der Waals surface area contributed by atoms with Crippen molar-refractivity contribution in [3.8, 4) is 0 Å². The maximum absolute atomic E-state index is 12.3. The van der Waals surface area contributed by atoms with Gasteiger partial charge >= 0.3 is 5.69 Å². The number of hydrogen-bond donors (Lipinski definition) is 1. The second-order valence-electron chi connectivity index (χ2n) is 4.38. The molecule has 0 saturated carbocycles. The Hall–Kier alpha value is -2.11. The maximum atomic E-state index is 12.3. The molecule has 0 saturated heterocycles. The molecule has 1 aromatic carbocycles. The van der Waals surface area contributed by atoms with Crippen LogP contribution in [0.3, 0.4) is 0 Å². The summed E-state index contributed by atoms with van der Waals surface area (Å²) in [4.78, 5) is 24.5. The van der Waals surface area contributed by atoms with Crippen LogP contribution >= 0.6 is 0 Å². The number of benzene rings is 1. The molecule has 0 aliphatic heterocycles. The van der Waals surface area contributed by atoms with Crippen molar-refractivity contribution >= 4 is 17.3 Å². The zero-order chi connectivity index (χ0) is 14.6. The third kappa shape index (κ3) is 3.01. The normalized spacial score (nSPS) is 11.8. The Bertz CT molecular complexity index is 488. The van der Waals surface area contributed by atoms with Crippen LogP contribution in [-0.2, 0) is 0 Å². The Balaban J connectivity index is 3.27. The summed E-state index contributed by atoms with van der Waals surface area (Å²) < 4.78 is 0. The van der Waals surface area contributed by atoms with Gasteiger partial charge in [0.15, 0.2) is 0 Å². The monoisotopic (exact) mass is 265 g/mol. The Morgan fingerprint density at radius 1 is 1.53 bits per heavy atom. The van der Waals surface area contributed by atoms with Crippen LogP contribution < -0.4 is 5.32 Å². The van der Waals surface area contributed by atoms with Gasteiger partial charge in [-0.2, -0.15) is 0 Å². The molecule has 0 bridgehead atoms. The lowest BCUT2D eigenvalue weighted by Crippen LogP contribution is -2.35. The molecule has 0 radical (unpaired) electrons. The number of para-hydroxylation sites is 1. The van der Waals surface area contributed by atoms with Gasteiger partial charge in [0, 0.05) is 20.1 Å². The summed E-state index contributed by atoms with van der Waals surface area (Å²) >= 11 is 0. The van der Waals surface area contributed by atoms with Crippen LogP contribution in [0, 0.1) is 10.1 Å². The van der Waals surface area contributed by atoms with Crippen molar-refractivity contribution in [3.05, 3.63) is 33.9 Å². The number of hydrogen-bond acceptors (Lipinski definition) is 4. The highest BCUT2D eigenvalue weighted by Gasteiger charge is 2.27. The molecule has 1 atom stereocenters. The van der Waals surface area contributed by atoms with Gasteiger partial charge in [-0.25, -0.2) is 0 Å². The third-order valence-corrected chi connectivity index (χ3v) is 3.29. The summed E-state index contributed by atoms with van der Waals surface area (Å²) in [5.41, 5.74) is 0.276. The smallest absolute Gasteiger partial charge is 0.305 e. The first-order valence-corrected chi connectivity index (χ1v) is 6.16. The molecule has 0 aliphatic rings. The first-order valence-electron chi connectivity index (χ1n) is 6.16. The standard InChI is InChI=1S/C13H19N3O3/c1-5-9(2)15(4)13(17)10-7-6-8-11(14-3)12(10)16(18)19/h6-9,14H,5H2,1-4H3. The minimum Gasteiger partial charge on any atom is -0.383 e. The number of rotatable bonds is 5. The second-order valence-corrected chi connectivity index (χ2v) is 4.38. The molecule has 104 valence electrons. The highest BCUT2D eigenvalue weighted by atomic mass is 16.6. The number of nitro benzene ring substituents is 1. The first-order chi connectivity index (χ1) is 8.93. The average Bonchev–Trinajstić information content (AvgIpc) is 2.43. The lowest BCUT2D eigenvalue weighted by atomic mass is 10.1. The van der Waals surface area contributed by atoms with E-state index in [4.69, 9.17) is 0 Å². The van der Waals surface area contributed by atoms with Crippen LogP contribution in [0.25, 0.3) is 0 Å². The van der Waals surface area contributed by atoms with Crippen molar-refractivity contribution in [1.82, 2.24) is 4.90 Å². The van der Waals surface area contributed by atoms with E-state index in [0.29, 0.717) is 5.69 Å². The number of carbonyl (C=O) groups is 1. The van der Waals surface area contributed by atoms with Crippen LogP contribution in [0.5, 0.6) is 0 Å². The van der Waals surface area contributed by atoms with E-state index in [0.717, 1.165) is 6.42 Å². The first kappa shape index (κ1) is 14.9. The molecular weight excluding hydrogens is 246 g/mol. The fraction of sp³-hybridized carbons (Fsp3) is 0.462. The van der Waals surface area contributed by atoms with Gasteiger partial charge in [-0.05, 0) is 25.5 Å². The van der Waals surface area contributed by atoms with E-state index in [-0.39, 0.29) is 23.2 Å². The van der Waals surface area contributed by atoms with Crippen LogP contribution in [0.15, 0.2) is 18.2 Å². The molecule has 0 aliphatic carbocycles. The average molecular weight is 265 g/mol. The van der Waals surface area contributed by atoms with E-state index in [1.165, 1.54) is 11.0 Å². The molecule has 19 heavy (non-hydrogen) atoms. The largest absolute Gasteiger partial charge is 0.383 e. The van der Waals surface area contributed by atoms with Crippen molar-refractivity contribution in [2.75, 3.05) is 19.4 Å². The van der Waals surface area contributed by atoms with Gasteiger partial charge in [0.1, 0.15) is 11.3 Å². The van der Waals surface area contributed by atoms with Gasteiger partial charge in [0.25, 0.3) is 5.91 Å². The number of nitrogens with zero attached hydrogens (tertiary/aromatic N) is 2. The molecular formula is C13H19N3O3. The number of nitro groups is 1. The zero-order valence-corrected chi connectivity index (χ0v) is 11.6. The van der Waals surface area contributed by atoms with Crippen molar-refractivity contribution in [2.45, 2.75) is 26.3 Å². The number of amides is 1. The van der Waals surface area contributed by atoms with Crippen LogP contribution in [0.1, 0.15) is 30.6 Å². The topological polar surface area (TPSA) is 75.5 Å². The Morgan fingerprint density at radius 3 is 2.63 bits per heavy atom. The molecule has 1 unspecified atom stereocenters. The molecule has 1 amide bonds. The van der Waals surface area contributed by atoms with Gasteiger partial charge in [-0.3, -0.25) is 14.9 Å². The van der Waals surface area contributed by atoms with E-state index in [1.807, 2.05) is 13.8 Å². The summed E-state index contributed by atoms with van der Waals surface area (Å²) in [6.07, 6.45) is 0.793. The Labute approximate surface area is 112 Å². The predicted molar refractivity (Wildman–Crippen MR) is 74.5 cm³/mol. The molecule has 0 spiro atoms. The molecule has 6 heteroatoms. The van der Waals surface area contributed by atoms with Gasteiger partial charge < -0.3 is 10.2 Å². The fourth-order valence-electron chi connectivity index (χ4n) is 1.78. The van der Waals surface area contributed by atoms with Gasteiger partial charge in [-0.1, -0.05) is 13.0 Å². The molecule has 0 fully saturated rings. The van der Waals surface area contributed by atoms with E-state index in [1.54, 1.807) is 26.2 Å². The third-order valence-electron chi connectivity index (χ3n) is 3.29. The van der Waals surface area contributed by atoms with Crippen LogP contribution in [0.4, 0.5) is 11.4 Å². The fourth-order valence-corrected chi connectivity index (χ4v) is 1.78. The summed E-state index contributed by atoms with van der Waals surface area (Å²) in [7, 11) is 3.25. The molecule has 1 rings (SSSR count). The highest BCUT2D eigenvalue weighted by Crippen LogP contribution is 2.29. The van der Waals surface area contributed by atoms with Crippen molar-refractivity contribution in [3.63, 3.8) is 0 Å². The molecule has 1 N–H and O–H groups in total. The summed E-state index contributed by atoms with van der Waals surface area (Å²) in [5.74, 6) is -0.335. The zero-order valence-electron chi connectivity index (χ0n) is 11.6. The van der Waals surface area contributed by atoms with E-state index in [2.05, 4.69) is 5.32 Å². The summed E-state index contributed by atoms with van der Waals surface area (Å²) in [5, 5.41) is 13.9. The van der Waals surface area contributed by atoms with Crippen LogP contribution in [-0.4, -0.2) is 35.9 Å². The quantitative estimate of drug-likeness (QED) is 0.655. The van der Waals surface area contributed by atoms with Gasteiger partial charge in [0.2, 0.25) is 0 Å². The minimum atomic E-state index is -0.524. The number of anilines is 1. The predicted octanol–water partition coefficient (Wildman–Crippen LogP) is 2.51. The summed E-state index contributed by atoms with van der Waals surface area (Å²) in [6.45, 7) is 3.87. The number of carbonyl (C=O) groups excluding carboxylic acids is 1. The van der Waals surface area contributed by atoms with Crippen molar-refractivity contribution < 1.29 is 9.72 Å². The minimum absolute atomic E-state index is 0.0327. The van der Waals surface area contributed by atoms with Crippen LogP contribution in [0.2, 0.25) is 0 Å². The second kappa shape index (κ2) is 6.17. The number of nitrogens with one attached hydrogen (secondary N) is 1. The SMILES string of the molecule is CCC(C)N(C)C(=O)c1cccc(NC)c1[N+](=O)[O-]. The lowest BCUT2D eigenvalue weighted by molar-refractivity contribution is -0.384. The molecule has 1 aromatic rings.